The van der Waals surface area contributed by atoms with Gasteiger partial charge in [0, 0.05) is 12.7 Å². The largest absolute Gasteiger partial charge is 0.388 e. The smallest absolute Gasteiger partial charge is 0.238 e. The highest BCUT2D eigenvalue weighted by atomic mass is 32.2. The Morgan fingerprint density at radius 2 is 2.00 bits per heavy atom. The number of hydrogen-bond acceptors (Lipinski definition) is 3. The number of benzene rings is 1. The Bertz CT molecular complexity index is 412. The van der Waals surface area contributed by atoms with E-state index < -0.39 is 10.0 Å². The second-order valence-corrected chi connectivity index (χ2v) is 4.31. The number of hydrogen-bond donors (Lipinski definition) is 2. The zero-order valence-electron chi connectivity index (χ0n) is 7.53. The van der Waals surface area contributed by atoms with Crippen LogP contribution in [0.15, 0.2) is 23.1 Å². The molecular weight excluding hydrogens is 188 g/mol. The van der Waals surface area contributed by atoms with Crippen LogP contribution >= 0.6 is 0 Å². The topological polar surface area (TPSA) is 72.2 Å². The maximum Gasteiger partial charge on any atom is 0.238 e. The number of nitrogens with one attached hydrogen (secondary N) is 1. The Labute approximate surface area is 77.8 Å². The van der Waals surface area contributed by atoms with Crippen molar-refractivity contribution < 1.29 is 8.42 Å². The number of aryl methyl sites for hydroxylation is 1. The minimum Gasteiger partial charge on any atom is -0.388 e. The molecule has 13 heavy (non-hydrogen) atoms. The van der Waals surface area contributed by atoms with E-state index in [9.17, 15) is 8.42 Å². The average Bonchev–Trinajstić information content (AvgIpc) is 2.03. The molecule has 0 atom stereocenters. The predicted octanol–water partition coefficient (Wildman–Crippen LogP) is 0.684. The number of rotatable bonds is 2. The van der Waals surface area contributed by atoms with Crippen molar-refractivity contribution in [2.75, 3.05) is 12.4 Å². The summed E-state index contributed by atoms with van der Waals surface area (Å²) in [6.07, 6.45) is 0. The highest BCUT2D eigenvalue weighted by Gasteiger charge is 2.11. The van der Waals surface area contributed by atoms with Gasteiger partial charge in [0.25, 0.3) is 0 Å². The minimum atomic E-state index is -3.61. The first-order chi connectivity index (χ1) is 5.95. The number of primary sulfonamides is 1. The zero-order chi connectivity index (χ0) is 10.1. The maximum absolute atomic E-state index is 11.1. The normalized spacial score (nSPS) is 11.3. The van der Waals surface area contributed by atoms with Crippen molar-refractivity contribution in [2.24, 2.45) is 5.14 Å². The van der Waals surface area contributed by atoms with E-state index in [-0.39, 0.29) is 4.90 Å². The first-order valence-corrected chi connectivity index (χ1v) is 5.31. The van der Waals surface area contributed by atoms with Gasteiger partial charge in [0.15, 0.2) is 0 Å². The Morgan fingerprint density at radius 3 is 2.46 bits per heavy atom. The van der Waals surface area contributed by atoms with E-state index >= 15 is 0 Å². The summed E-state index contributed by atoms with van der Waals surface area (Å²) in [5.74, 6) is 0. The molecule has 4 nitrogen and oxygen atoms in total. The van der Waals surface area contributed by atoms with Crippen molar-refractivity contribution in [1.82, 2.24) is 0 Å². The summed E-state index contributed by atoms with van der Waals surface area (Å²) >= 11 is 0. The first kappa shape index (κ1) is 10.0. The predicted molar refractivity (Wildman–Crippen MR) is 52.1 cm³/mol. The maximum atomic E-state index is 11.1. The van der Waals surface area contributed by atoms with Gasteiger partial charge < -0.3 is 5.32 Å². The molecule has 0 saturated carbocycles. The SMILES string of the molecule is CNc1ccc(C)c(S(N)(=O)=O)c1. The van der Waals surface area contributed by atoms with Crippen LogP contribution in [0.5, 0.6) is 0 Å². The van der Waals surface area contributed by atoms with Crippen molar-refractivity contribution in [3.63, 3.8) is 0 Å². The summed E-state index contributed by atoms with van der Waals surface area (Å²) in [4.78, 5) is 0.166. The zero-order valence-corrected chi connectivity index (χ0v) is 8.35. The van der Waals surface area contributed by atoms with Crippen molar-refractivity contribution in [2.45, 2.75) is 11.8 Å². The van der Waals surface area contributed by atoms with E-state index in [0.717, 1.165) is 5.69 Å². The molecule has 0 radical (unpaired) electrons. The summed E-state index contributed by atoms with van der Waals surface area (Å²) in [7, 11) is -1.89. The molecule has 0 saturated heterocycles. The van der Waals surface area contributed by atoms with Crippen molar-refractivity contribution >= 4 is 15.7 Å². The van der Waals surface area contributed by atoms with Gasteiger partial charge in [0.2, 0.25) is 10.0 Å². The lowest BCUT2D eigenvalue weighted by Gasteiger charge is -2.05. The van der Waals surface area contributed by atoms with Gasteiger partial charge in [-0.15, -0.1) is 0 Å². The Hall–Kier alpha value is -1.07. The molecule has 0 aromatic heterocycles. The van der Waals surface area contributed by atoms with E-state index in [0.29, 0.717) is 5.56 Å². The molecule has 72 valence electrons. The molecule has 0 aliphatic rings. The summed E-state index contributed by atoms with van der Waals surface area (Å²) < 4.78 is 22.1. The molecule has 1 aromatic carbocycles. The van der Waals surface area contributed by atoms with Crippen LogP contribution in [0.3, 0.4) is 0 Å². The van der Waals surface area contributed by atoms with Crippen LogP contribution < -0.4 is 10.5 Å². The van der Waals surface area contributed by atoms with E-state index in [1.165, 1.54) is 6.07 Å². The van der Waals surface area contributed by atoms with Gasteiger partial charge in [-0.25, -0.2) is 13.6 Å². The van der Waals surface area contributed by atoms with Crippen LogP contribution in [0.2, 0.25) is 0 Å². The standard InChI is InChI=1S/C8H12N2O2S/c1-6-3-4-7(10-2)5-8(6)13(9,11)12/h3-5,10H,1-2H3,(H2,9,11,12). The van der Waals surface area contributed by atoms with E-state index in [1.807, 2.05) is 0 Å². The van der Waals surface area contributed by atoms with Crippen LogP contribution in [0.4, 0.5) is 5.69 Å². The molecule has 1 rings (SSSR count). The third kappa shape index (κ3) is 2.19. The van der Waals surface area contributed by atoms with E-state index in [2.05, 4.69) is 5.32 Å². The number of sulfonamides is 1. The summed E-state index contributed by atoms with van der Waals surface area (Å²) in [5, 5.41) is 7.87. The summed E-state index contributed by atoms with van der Waals surface area (Å²) in [6.45, 7) is 1.71. The molecule has 0 heterocycles. The Kier molecular flexibility index (Phi) is 2.58. The molecule has 0 aliphatic heterocycles. The van der Waals surface area contributed by atoms with Gasteiger partial charge in [-0.2, -0.15) is 0 Å². The Balaban J connectivity index is 3.36. The average molecular weight is 200 g/mol. The quantitative estimate of drug-likeness (QED) is 0.737. The van der Waals surface area contributed by atoms with Crippen LogP contribution in [-0.2, 0) is 10.0 Å². The fraction of sp³-hybridized carbons (Fsp3) is 0.250. The second kappa shape index (κ2) is 3.35. The molecule has 5 heteroatoms. The highest BCUT2D eigenvalue weighted by Crippen LogP contribution is 2.18. The molecule has 1 aromatic rings. The molecule has 0 aliphatic carbocycles. The van der Waals surface area contributed by atoms with Crippen molar-refractivity contribution in [3.8, 4) is 0 Å². The van der Waals surface area contributed by atoms with Gasteiger partial charge in [0.1, 0.15) is 0 Å². The fourth-order valence-electron chi connectivity index (χ4n) is 1.06. The third-order valence-electron chi connectivity index (χ3n) is 1.78. The number of anilines is 1. The van der Waals surface area contributed by atoms with Gasteiger partial charge in [-0.3, -0.25) is 0 Å². The lowest BCUT2D eigenvalue weighted by molar-refractivity contribution is 0.597. The molecule has 0 unspecified atom stereocenters. The number of nitrogens with two attached hydrogens (primary N) is 1. The molecule has 0 bridgehead atoms. The Morgan fingerprint density at radius 1 is 1.38 bits per heavy atom. The van der Waals surface area contributed by atoms with Gasteiger partial charge in [-0.05, 0) is 24.6 Å². The minimum absolute atomic E-state index is 0.166. The second-order valence-electron chi connectivity index (χ2n) is 2.78. The van der Waals surface area contributed by atoms with Crippen LogP contribution in [0.1, 0.15) is 5.56 Å². The van der Waals surface area contributed by atoms with Crippen molar-refractivity contribution in [3.05, 3.63) is 23.8 Å². The molecule has 0 spiro atoms. The molecule has 0 fully saturated rings. The van der Waals surface area contributed by atoms with E-state index in [4.69, 9.17) is 5.14 Å². The lowest BCUT2D eigenvalue weighted by Crippen LogP contribution is -2.13. The van der Waals surface area contributed by atoms with Crippen molar-refractivity contribution in [1.29, 1.82) is 0 Å². The van der Waals surface area contributed by atoms with Gasteiger partial charge in [0.05, 0.1) is 4.90 Å². The van der Waals surface area contributed by atoms with E-state index in [1.54, 1.807) is 26.1 Å². The molecule has 0 amide bonds. The molecule has 3 N–H and O–H groups in total. The molecular formula is C8H12N2O2S. The summed E-state index contributed by atoms with van der Waals surface area (Å²) in [5.41, 5.74) is 1.39. The van der Waals surface area contributed by atoms with Crippen LogP contribution in [0.25, 0.3) is 0 Å². The third-order valence-corrected chi connectivity index (χ3v) is 2.84. The van der Waals surface area contributed by atoms with Gasteiger partial charge >= 0.3 is 0 Å². The lowest BCUT2D eigenvalue weighted by atomic mass is 10.2. The monoisotopic (exact) mass is 200 g/mol. The van der Waals surface area contributed by atoms with Gasteiger partial charge in [-0.1, -0.05) is 6.07 Å². The first-order valence-electron chi connectivity index (χ1n) is 3.76. The van der Waals surface area contributed by atoms with Crippen LogP contribution in [-0.4, -0.2) is 15.5 Å². The van der Waals surface area contributed by atoms with Crippen LogP contribution in [0, 0.1) is 6.92 Å². The highest BCUT2D eigenvalue weighted by molar-refractivity contribution is 7.89. The fourth-order valence-corrected chi connectivity index (χ4v) is 1.87. The summed E-state index contributed by atoms with van der Waals surface area (Å²) in [6, 6.07) is 5.03.